The van der Waals surface area contributed by atoms with Crippen molar-refractivity contribution in [2.75, 3.05) is 24.7 Å². The molecule has 1 fully saturated rings. The first-order valence-electron chi connectivity index (χ1n) is 7.01. The predicted octanol–water partition coefficient (Wildman–Crippen LogP) is 1.81. The molecule has 112 valence electrons. The van der Waals surface area contributed by atoms with Gasteiger partial charge in [0, 0.05) is 12.5 Å². The first kappa shape index (κ1) is 15.3. The largest absolute Gasteiger partial charge is 0.493 e. The Kier molecular flexibility index (Phi) is 5.05. The highest BCUT2D eigenvalue weighted by molar-refractivity contribution is 7.91. The van der Waals surface area contributed by atoms with E-state index >= 15 is 0 Å². The fourth-order valence-corrected chi connectivity index (χ4v) is 4.15. The summed E-state index contributed by atoms with van der Waals surface area (Å²) in [4.78, 5) is 0. The van der Waals surface area contributed by atoms with E-state index in [0.29, 0.717) is 19.4 Å². The van der Waals surface area contributed by atoms with Gasteiger partial charge in [-0.3, -0.25) is 0 Å². The maximum atomic E-state index is 11.4. The quantitative estimate of drug-likeness (QED) is 0.900. The molecule has 1 aliphatic heterocycles. The van der Waals surface area contributed by atoms with Crippen molar-refractivity contribution < 1.29 is 18.3 Å². The van der Waals surface area contributed by atoms with Crippen LogP contribution in [0.2, 0.25) is 0 Å². The Bertz CT molecular complexity index is 525. The third-order valence-electron chi connectivity index (χ3n) is 3.95. The smallest absolute Gasteiger partial charge is 0.150 e. The van der Waals surface area contributed by atoms with Gasteiger partial charge in [-0.2, -0.15) is 0 Å². The van der Waals surface area contributed by atoms with Crippen molar-refractivity contribution in [3.63, 3.8) is 0 Å². The molecule has 1 atom stereocenters. The van der Waals surface area contributed by atoms with Crippen LogP contribution in [0.15, 0.2) is 24.3 Å². The molecule has 0 radical (unpaired) electrons. The molecule has 0 bridgehead atoms. The number of hydrogen-bond donors (Lipinski definition) is 1. The highest BCUT2D eigenvalue weighted by Crippen LogP contribution is 2.27. The molecule has 1 aliphatic rings. The van der Waals surface area contributed by atoms with Gasteiger partial charge in [0.1, 0.15) is 15.6 Å². The van der Waals surface area contributed by atoms with Crippen molar-refractivity contribution in [1.29, 1.82) is 0 Å². The number of ether oxygens (including phenoxy) is 1. The van der Waals surface area contributed by atoms with Crippen LogP contribution in [0.3, 0.4) is 0 Å². The van der Waals surface area contributed by atoms with E-state index in [4.69, 9.17) is 4.74 Å². The Morgan fingerprint density at radius 1 is 1.35 bits per heavy atom. The van der Waals surface area contributed by atoms with Crippen LogP contribution < -0.4 is 4.74 Å². The fourth-order valence-electron chi connectivity index (χ4n) is 2.63. The summed E-state index contributed by atoms with van der Waals surface area (Å²) in [6.45, 7) is 2.48. The summed E-state index contributed by atoms with van der Waals surface area (Å²) in [5, 5.41) is 9.51. The van der Waals surface area contributed by atoms with E-state index in [2.05, 4.69) is 0 Å². The van der Waals surface area contributed by atoms with Crippen LogP contribution in [0, 0.1) is 18.8 Å². The van der Waals surface area contributed by atoms with Gasteiger partial charge in [0.2, 0.25) is 0 Å². The summed E-state index contributed by atoms with van der Waals surface area (Å²) in [6, 6.07) is 7.79. The molecule has 1 N–H and O–H groups in total. The minimum atomic E-state index is -2.85. The van der Waals surface area contributed by atoms with E-state index in [1.165, 1.54) is 0 Å². The Balaban J connectivity index is 1.90. The average Bonchev–Trinajstić information content (AvgIpc) is 2.41. The minimum absolute atomic E-state index is 0.00557. The third-order valence-corrected chi connectivity index (χ3v) is 5.67. The van der Waals surface area contributed by atoms with Crippen LogP contribution in [-0.4, -0.2) is 38.2 Å². The van der Waals surface area contributed by atoms with Gasteiger partial charge in [0.05, 0.1) is 18.1 Å². The second-order valence-electron chi connectivity index (χ2n) is 5.56. The molecule has 0 aromatic heterocycles. The molecular weight excluding hydrogens is 276 g/mol. The molecule has 1 aromatic carbocycles. The van der Waals surface area contributed by atoms with E-state index in [9.17, 15) is 13.5 Å². The van der Waals surface area contributed by atoms with Gasteiger partial charge in [0.15, 0.2) is 0 Å². The van der Waals surface area contributed by atoms with Crippen LogP contribution in [0.4, 0.5) is 0 Å². The van der Waals surface area contributed by atoms with Crippen molar-refractivity contribution >= 4 is 9.84 Å². The summed E-state index contributed by atoms with van der Waals surface area (Å²) in [7, 11) is -2.85. The zero-order chi connectivity index (χ0) is 14.6. The normalized spacial score (nSPS) is 20.5. The van der Waals surface area contributed by atoms with Crippen LogP contribution in [0.25, 0.3) is 0 Å². The fraction of sp³-hybridized carbons (Fsp3) is 0.600. The number of aliphatic hydroxyl groups excluding tert-OH is 1. The van der Waals surface area contributed by atoms with Crippen LogP contribution >= 0.6 is 0 Å². The monoisotopic (exact) mass is 298 g/mol. The van der Waals surface area contributed by atoms with E-state index in [-0.39, 0.29) is 29.9 Å². The van der Waals surface area contributed by atoms with E-state index in [1.54, 1.807) is 0 Å². The molecule has 1 unspecified atom stereocenters. The van der Waals surface area contributed by atoms with Gasteiger partial charge in [0.25, 0.3) is 0 Å². The van der Waals surface area contributed by atoms with Gasteiger partial charge in [-0.1, -0.05) is 12.1 Å². The van der Waals surface area contributed by atoms with E-state index < -0.39 is 9.84 Å². The summed E-state index contributed by atoms with van der Waals surface area (Å²) >= 11 is 0. The van der Waals surface area contributed by atoms with Gasteiger partial charge >= 0.3 is 0 Å². The average molecular weight is 298 g/mol. The maximum absolute atomic E-state index is 11.4. The topological polar surface area (TPSA) is 63.6 Å². The Labute approximate surface area is 120 Å². The third kappa shape index (κ3) is 4.21. The molecule has 0 amide bonds. The van der Waals surface area contributed by atoms with Gasteiger partial charge in [-0.25, -0.2) is 8.42 Å². The lowest BCUT2D eigenvalue weighted by Crippen LogP contribution is -2.32. The van der Waals surface area contributed by atoms with Crippen molar-refractivity contribution in [1.82, 2.24) is 0 Å². The number of rotatable bonds is 5. The number of sulfone groups is 1. The Morgan fingerprint density at radius 3 is 2.65 bits per heavy atom. The standard InChI is InChI=1S/C15H22O4S/c1-12-3-2-4-15(9-12)19-11-14(10-16)13-5-7-20(17,18)8-6-13/h2-4,9,13-14,16H,5-8,10-11H2,1H3. The molecule has 0 saturated carbocycles. The summed E-state index contributed by atoms with van der Waals surface area (Å²) in [6.07, 6.45) is 1.26. The lowest BCUT2D eigenvalue weighted by molar-refractivity contribution is 0.112. The molecule has 0 spiro atoms. The van der Waals surface area contributed by atoms with E-state index in [0.717, 1.165) is 11.3 Å². The van der Waals surface area contributed by atoms with Gasteiger partial charge < -0.3 is 9.84 Å². The summed E-state index contributed by atoms with van der Waals surface area (Å²) in [5.74, 6) is 1.50. The molecule has 0 aliphatic carbocycles. The number of benzene rings is 1. The first-order valence-corrected chi connectivity index (χ1v) is 8.83. The van der Waals surface area contributed by atoms with Crippen molar-refractivity contribution in [3.05, 3.63) is 29.8 Å². The molecule has 2 rings (SSSR count). The second-order valence-corrected chi connectivity index (χ2v) is 7.86. The SMILES string of the molecule is Cc1cccc(OCC(CO)C2CCS(=O)(=O)CC2)c1. The van der Waals surface area contributed by atoms with Gasteiger partial charge in [-0.05, 0) is 43.4 Å². The number of aliphatic hydroxyl groups is 1. The minimum Gasteiger partial charge on any atom is -0.493 e. The molecule has 5 heteroatoms. The molecular formula is C15H22O4S. The van der Waals surface area contributed by atoms with Crippen molar-refractivity contribution in [2.45, 2.75) is 19.8 Å². The van der Waals surface area contributed by atoms with Crippen LogP contribution in [-0.2, 0) is 9.84 Å². The van der Waals surface area contributed by atoms with Crippen LogP contribution in [0.1, 0.15) is 18.4 Å². The maximum Gasteiger partial charge on any atom is 0.150 e. The van der Waals surface area contributed by atoms with E-state index in [1.807, 2.05) is 31.2 Å². The Hall–Kier alpha value is -1.07. The van der Waals surface area contributed by atoms with Crippen molar-refractivity contribution in [3.8, 4) is 5.75 Å². The van der Waals surface area contributed by atoms with Gasteiger partial charge in [-0.15, -0.1) is 0 Å². The molecule has 20 heavy (non-hydrogen) atoms. The number of aryl methyl sites for hydroxylation is 1. The lowest BCUT2D eigenvalue weighted by atomic mass is 9.88. The summed E-state index contributed by atoms with van der Waals surface area (Å²) in [5.41, 5.74) is 1.13. The molecule has 1 heterocycles. The predicted molar refractivity (Wildman–Crippen MR) is 78.6 cm³/mol. The summed E-state index contributed by atoms with van der Waals surface area (Å²) < 4.78 is 28.6. The molecule has 4 nitrogen and oxygen atoms in total. The van der Waals surface area contributed by atoms with Crippen LogP contribution in [0.5, 0.6) is 5.75 Å². The molecule has 1 aromatic rings. The zero-order valence-corrected chi connectivity index (χ0v) is 12.6. The molecule has 1 saturated heterocycles. The first-order chi connectivity index (χ1) is 9.50. The number of hydrogen-bond acceptors (Lipinski definition) is 4. The zero-order valence-electron chi connectivity index (χ0n) is 11.8. The van der Waals surface area contributed by atoms with Crippen molar-refractivity contribution in [2.24, 2.45) is 11.8 Å². The second kappa shape index (κ2) is 6.59. The highest BCUT2D eigenvalue weighted by Gasteiger charge is 2.29. The lowest BCUT2D eigenvalue weighted by Gasteiger charge is -2.28. The Morgan fingerprint density at radius 2 is 2.05 bits per heavy atom. The highest BCUT2D eigenvalue weighted by atomic mass is 32.2.